The smallest absolute Gasteiger partial charge is 0.327 e. The van der Waals surface area contributed by atoms with Crippen LogP contribution in [0.15, 0.2) is 0 Å². The van der Waals surface area contributed by atoms with E-state index in [0.717, 1.165) is 24.6 Å². The molecule has 0 radical (unpaired) electrons. The molecule has 1 rings (SSSR count). The highest BCUT2D eigenvalue weighted by molar-refractivity contribution is 8.13. The average molecular weight is 330 g/mol. The van der Waals surface area contributed by atoms with Gasteiger partial charge in [-0.1, -0.05) is 25.1 Å². The highest BCUT2D eigenvalue weighted by Gasteiger charge is 2.40. The van der Waals surface area contributed by atoms with Crippen LogP contribution in [0.1, 0.15) is 46.0 Å². The standard InChI is InChI=1S/C14H22N2O5S/c1-3-4-5-11-15-12(18)8-10(14(20)21)16(11)13(19)6-7-22-9(2)17/h10-11H,3-8H2,1-2H3,(H,15,18)(H,20,21)/t10-,11-/m0/s1. The first-order valence-corrected chi connectivity index (χ1v) is 8.32. The molecule has 1 saturated heterocycles. The summed E-state index contributed by atoms with van der Waals surface area (Å²) in [5.41, 5.74) is 0. The van der Waals surface area contributed by atoms with E-state index >= 15 is 0 Å². The summed E-state index contributed by atoms with van der Waals surface area (Å²) < 4.78 is 0. The Hall–Kier alpha value is -1.57. The van der Waals surface area contributed by atoms with Crippen molar-refractivity contribution in [3.63, 3.8) is 0 Å². The summed E-state index contributed by atoms with van der Waals surface area (Å²) in [6.45, 7) is 3.40. The van der Waals surface area contributed by atoms with E-state index in [1.165, 1.54) is 11.8 Å². The second-order valence-corrected chi connectivity index (χ2v) is 6.45. The zero-order valence-corrected chi connectivity index (χ0v) is 13.6. The maximum atomic E-state index is 12.4. The average Bonchev–Trinajstić information content (AvgIpc) is 2.43. The number of nitrogens with zero attached hydrogens (tertiary/aromatic N) is 1. The van der Waals surface area contributed by atoms with Gasteiger partial charge in [-0.05, 0) is 12.8 Å². The van der Waals surface area contributed by atoms with Gasteiger partial charge in [0.05, 0.1) is 6.42 Å². The first-order valence-electron chi connectivity index (χ1n) is 7.33. The zero-order valence-electron chi connectivity index (χ0n) is 12.8. The minimum Gasteiger partial charge on any atom is -0.480 e. The first kappa shape index (κ1) is 18.5. The molecule has 0 unspecified atom stereocenters. The lowest BCUT2D eigenvalue weighted by Crippen LogP contribution is -2.62. The Kier molecular flexibility index (Phi) is 7.37. The van der Waals surface area contributed by atoms with Crippen molar-refractivity contribution in [3.8, 4) is 0 Å². The Morgan fingerprint density at radius 3 is 2.64 bits per heavy atom. The molecule has 22 heavy (non-hydrogen) atoms. The van der Waals surface area contributed by atoms with Crippen LogP contribution in [-0.2, 0) is 19.2 Å². The molecule has 0 saturated carbocycles. The van der Waals surface area contributed by atoms with Gasteiger partial charge in [-0.15, -0.1) is 0 Å². The molecule has 1 aliphatic heterocycles. The molecule has 0 bridgehead atoms. The van der Waals surface area contributed by atoms with E-state index in [0.29, 0.717) is 12.2 Å². The number of amides is 2. The van der Waals surface area contributed by atoms with E-state index in [2.05, 4.69) is 5.32 Å². The zero-order chi connectivity index (χ0) is 16.7. The quantitative estimate of drug-likeness (QED) is 0.721. The van der Waals surface area contributed by atoms with Gasteiger partial charge in [0.1, 0.15) is 12.2 Å². The number of nitrogens with one attached hydrogen (secondary N) is 1. The van der Waals surface area contributed by atoms with Crippen molar-refractivity contribution in [1.29, 1.82) is 0 Å². The van der Waals surface area contributed by atoms with E-state index in [1.807, 2.05) is 6.92 Å². The molecular weight excluding hydrogens is 308 g/mol. The van der Waals surface area contributed by atoms with E-state index in [-0.39, 0.29) is 29.8 Å². The second-order valence-electron chi connectivity index (χ2n) is 5.17. The van der Waals surface area contributed by atoms with Gasteiger partial charge in [-0.3, -0.25) is 14.4 Å². The number of unbranched alkanes of at least 4 members (excludes halogenated alkanes) is 1. The molecule has 1 aliphatic rings. The number of carbonyl (C=O) groups is 4. The summed E-state index contributed by atoms with van der Waals surface area (Å²) in [4.78, 5) is 47.6. The molecule has 124 valence electrons. The van der Waals surface area contributed by atoms with E-state index in [4.69, 9.17) is 0 Å². The third-order valence-corrected chi connectivity index (χ3v) is 4.22. The molecule has 7 nitrogen and oxygen atoms in total. The predicted octanol–water partition coefficient (Wildman–Crippen LogP) is 0.974. The molecule has 1 heterocycles. The van der Waals surface area contributed by atoms with Crippen molar-refractivity contribution in [2.45, 2.75) is 58.2 Å². The maximum Gasteiger partial charge on any atom is 0.327 e. The second kappa shape index (κ2) is 8.77. The monoisotopic (exact) mass is 330 g/mol. The van der Waals surface area contributed by atoms with Crippen molar-refractivity contribution in [2.24, 2.45) is 0 Å². The van der Waals surface area contributed by atoms with Gasteiger partial charge in [0.2, 0.25) is 11.8 Å². The highest BCUT2D eigenvalue weighted by atomic mass is 32.2. The van der Waals surface area contributed by atoms with Crippen LogP contribution in [0, 0.1) is 0 Å². The van der Waals surface area contributed by atoms with Crippen molar-refractivity contribution >= 4 is 34.7 Å². The van der Waals surface area contributed by atoms with Gasteiger partial charge in [0, 0.05) is 19.1 Å². The number of carboxylic acid groups (broad SMARTS) is 1. The Labute approximate surface area is 133 Å². The Balaban J connectivity index is 2.82. The van der Waals surface area contributed by atoms with E-state index in [1.54, 1.807) is 0 Å². The van der Waals surface area contributed by atoms with Gasteiger partial charge in [-0.2, -0.15) is 0 Å². The van der Waals surface area contributed by atoms with Crippen LogP contribution in [0.3, 0.4) is 0 Å². The third kappa shape index (κ3) is 5.32. The fraction of sp³-hybridized carbons (Fsp3) is 0.714. The molecule has 0 spiro atoms. The summed E-state index contributed by atoms with van der Waals surface area (Å²) in [6.07, 6.45) is 1.45. The Bertz CT molecular complexity index is 455. The number of hydrogen-bond acceptors (Lipinski definition) is 5. The molecule has 0 aromatic rings. The van der Waals surface area contributed by atoms with Crippen LogP contribution in [-0.4, -0.2) is 50.9 Å². The number of rotatable bonds is 7. The topological polar surface area (TPSA) is 104 Å². The summed E-state index contributed by atoms with van der Waals surface area (Å²) >= 11 is 1.03. The summed E-state index contributed by atoms with van der Waals surface area (Å²) in [5.74, 6) is -1.56. The lowest BCUT2D eigenvalue weighted by Gasteiger charge is -2.40. The lowest BCUT2D eigenvalue weighted by molar-refractivity contribution is -0.159. The van der Waals surface area contributed by atoms with Crippen LogP contribution in [0.25, 0.3) is 0 Å². The molecule has 2 N–H and O–H groups in total. The minimum absolute atomic E-state index is 0.0759. The Morgan fingerprint density at radius 2 is 2.09 bits per heavy atom. The van der Waals surface area contributed by atoms with Crippen molar-refractivity contribution < 1.29 is 24.3 Å². The summed E-state index contributed by atoms with van der Waals surface area (Å²) in [7, 11) is 0. The van der Waals surface area contributed by atoms with Crippen LogP contribution in [0.4, 0.5) is 0 Å². The predicted molar refractivity (Wildman–Crippen MR) is 82.1 cm³/mol. The third-order valence-electron chi connectivity index (χ3n) is 3.40. The normalized spacial score (nSPS) is 21.4. The molecule has 0 aromatic carbocycles. The van der Waals surface area contributed by atoms with E-state index < -0.39 is 18.2 Å². The van der Waals surface area contributed by atoms with Crippen molar-refractivity contribution in [3.05, 3.63) is 0 Å². The molecule has 1 fully saturated rings. The molecule has 2 amide bonds. The lowest BCUT2D eigenvalue weighted by atomic mass is 10.0. The van der Waals surface area contributed by atoms with Crippen molar-refractivity contribution in [2.75, 3.05) is 5.75 Å². The summed E-state index contributed by atoms with van der Waals surface area (Å²) in [5, 5.41) is 11.9. The molecule has 8 heteroatoms. The number of carbonyl (C=O) groups excluding carboxylic acids is 3. The van der Waals surface area contributed by atoms with Crippen molar-refractivity contribution in [1.82, 2.24) is 10.2 Å². The minimum atomic E-state index is -1.18. The molecule has 0 aromatic heterocycles. The number of thioether (sulfide) groups is 1. The van der Waals surface area contributed by atoms with Crippen LogP contribution in [0.2, 0.25) is 0 Å². The molecule has 2 atom stereocenters. The maximum absolute atomic E-state index is 12.4. The fourth-order valence-corrected chi connectivity index (χ4v) is 2.94. The first-order chi connectivity index (χ1) is 10.4. The number of hydrogen-bond donors (Lipinski definition) is 2. The van der Waals surface area contributed by atoms with Gasteiger partial charge >= 0.3 is 5.97 Å². The van der Waals surface area contributed by atoms with Crippen LogP contribution in [0.5, 0.6) is 0 Å². The fourth-order valence-electron chi connectivity index (χ4n) is 2.38. The SMILES string of the molecule is CCCC[C@H]1NC(=O)C[C@@H](C(=O)O)N1C(=O)CCSC(C)=O. The van der Waals surface area contributed by atoms with Crippen LogP contribution >= 0.6 is 11.8 Å². The number of aliphatic carboxylic acids is 1. The van der Waals surface area contributed by atoms with Gasteiger partial charge < -0.3 is 15.3 Å². The molecular formula is C14H22N2O5S. The molecule has 0 aliphatic carbocycles. The van der Waals surface area contributed by atoms with Gasteiger partial charge in [0.15, 0.2) is 5.12 Å². The summed E-state index contributed by atoms with van der Waals surface area (Å²) in [6, 6.07) is -1.13. The highest BCUT2D eigenvalue weighted by Crippen LogP contribution is 2.20. The largest absolute Gasteiger partial charge is 0.480 e. The Morgan fingerprint density at radius 1 is 1.41 bits per heavy atom. The van der Waals surface area contributed by atoms with Gasteiger partial charge in [-0.25, -0.2) is 4.79 Å². The van der Waals surface area contributed by atoms with E-state index in [9.17, 15) is 24.3 Å². The van der Waals surface area contributed by atoms with Crippen LogP contribution < -0.4 is 5.32 Å². The van der Waals surface area contributed by atoms with Gasteiger partial charge in [0.25, 0.3) is 0 Å². The number of carboxylic acids is 1.